The van der Waals surface area contributed by atoms with Crippen LogP contribution in [0.1, 0.15) is 17.5 Å². The molecular formula is C18H16N4O2. The SMILES string of the molecule is N#Cc1ccc(N2CC(C(=O)NCc3cccnc3)CC2=O)cc1. The van der Waals surface area contributed by atoms with E-state index in [0.29, 0.717) is 24.3 Å². The molecule has 1 N–H and O–H groups in total. The van der Waals surface area contributed by atoms with E-state index >= 15 is 0 Å². The molecule has 2 amide bonds. The quantitative estimate of drug-likeness (QED) is 0.927. The zero-order valence-corrected chi connectivity index (χ0v) is 13.0. The third-order valence-electron chi connectivity index (χ3n) is 3.99. The third-order valence-corrected chi connectivity index (χ3v) is 3.99. The maximum absolute atomic E-state index is 12.3. The first-order valence-corrected chi connectivity index (χ1v) is 7.64. The average molecular weight is 320 g/mol. The van der Waals surface area contributed by atoms with Crippen LogP contribution < -0.4 is 10.2 Å². The van der Waals surface area contributed by atoms with E-state index in [1.165, 1.54) is 0 Å². The monoisotopic (exact) mass is 320 g/mol. The van der Waals surface area contributed by atoms with Gasteiger partial charge in [0.15, 0.2) is 0 Å². The molecule has 1 aliphatic rings. The van der Waals surface area contributed by atoms with Gasteiger partial charge in [0.25, 0.3) is 0 Å². The summed E-state index contributed by atoms with van der Waals surface area (Å²) in [5.74, 6) is -0.589. The van der Waals surface area contributed by atoms with Gasteiger partial charge in [-0.05, 0) is 35.9 Å². The summed E-state index contributed by atoms with van der Waals surface area (Å²) in [6.07, 6.45) is 3.57. The van der Waals surface area contributed by atoms with Crippen molar-refractivity contribution in [3.63, 3.8) is 0 Å². The Hall–Kier alpha value is -3.20. The summed E-state index contributed by atoms with van der Waals surface area (Å²) < 4.78 is 0. The van der Waals surface area contributed by atoms with Crippen molar-refractivity contribution in [2.24, 2.45) is 5.92 Å². The van der Waals surface area contributed by atoms with Crippen molar-refractivity contribution >= 4 is 17.5 Å². The van der Waals surface area contributed by atoms with Crippen LogP contribution >= 0.6 is 0 Å². The number of nitriles is 1. The maximum atomic E-state index is 12.3. The minimum atomic E-state index is -0.371. The Morgan fingerprint density at radius 3 is 2.79 bits per heavy atom. The normalized spacial score (nSPS) is 16.7. The molecule has 0 spiro atoms. The van der Waals surface area contributed by atoms with Gasteiger partial charge < -0.3 is 10.2 Å². The number of hydrogen-bond donors (Lipinski definition) is 1. The van der Waals surface area contributed by atoms with Crippen LogP contribution in [0.5, 0.6) is 0 Å². The summed E-state index contributed by atoms with van der Waals surface area (Å²) in [7, 11) is 0. The van der Waals surface area contributed by atoms with Gasteiger partial charge in [-0.15, -0.1) is 0 Å². The minimum absolute atomic E-state index is 0.0822. The van der Waals surface area contributed by atoms with E-state index in [0.717, 1.165) is 5.56 Å². The highest BCUT2D eigenvalue weighted by Crippen LogP contribution is 2.25. The van der Waals surface area contributed by atoms with Crippen molar-refractivity contribution in [2.45, 2.75) is 13.0 Å². The smallest absolute Gasteiger partial charge is 0.227 e. The number of nitrogens with zero attached hydrogens (tertiary/aromatic N) is 3. The minimum Gasteiger partial charge on any atom is -0.352 e. The van der Waals surface area contributed by atoms with E-state index in [-0.39, 0.29) is 24.2 Å². The summed E-state index contributed by atoms with van der Waals surface area (Å²) in [5, 5.41) is 11.7. The summed E-state index contributed by atoms with van der Waals surface area (Å²) in [6.45, 7) is 0.748. The highest BCUT2D eigenvalue weighted by atomic mass is 16.2. The zero-order valence-electron chi connectivity index (χ0n) is 13.0. The molecule has 120 valence electrons. The van der Waals surface area contributed by atoms with Crippen molar-refractivity contribution in [3.05, 3.63) is 59.9 Å². The molecule has 0 saturated carbocycles. The van der Waals surface area contributed by atoms with Crippen LogP contribution in [0.25, 0.3) is 0 Å². The fraction of sp³-hybridized carbons (Fsp3) is 0.222. The molecule has 6 nitrogen and oxygen atoms in total. The second kappa shape index (κ2) is 6.92. The highest BCUT2D eigenvalue weighted by Gasteiger charge is 2.34. The van der Waals surface area contributed by atoms with Gasteiger partial charge >= 0.3 is 0 Å². The molecule has 24 heavy (non-hydrogen) atoms. The van der Waals surface area contributed by atoms with Crippen LogP contribution in [0.15, 0.2) is 48.8 Å². The Morgan fingerprint density at radius 1 is 1.33 bits per heavy atom. The Balaban J connectivity index is 1.61. The van der Waals surface area contributed by atoms with Crippen molar-refractivity contribution in [3.8, 4) is 6.07 Å². The fourth-order valence-corrected chi connectivity index (χ4v) is 2.68. The van der Waals surface area contributed by atoms with E-state index in [1.54, 1.807) is 41.6 Å². The lowest BCUT2D eigenvalue weighted by Crippen LogP contribution is -2.32. The topological polar surface area (TPSA) is 86.1 Å². The number of benzene rings is 1. The molecule has 1 atom stereocenters. The van der Waals surface area contributed by atoms with E-state index in [4.69, 9.17) is 5.26 Å². The number of pyridine rings is 1. The Morgan fingerprint density at radius 2 is 2.12 bits per heavy atom. The standard InChI is InChI=1S/C18H16N4O2/c19-9-13-3-5-16(6-4-13)22-12-15(8-17(22)23)18(24)21-11-14-2-1-7-20-10-14/h1-7,10,15H,8,11-12H2,(H,21,24). The first-order chi connectivity index (χ1) is 11.7. The maximum Gasteiger partial charge on any atom is 0.227 e. The van der Waals surface area contributed by atoms with Crippen LogP contribution in [0.4, 0.5) is 5.69 Å². The van der Waals surface area contributed by atoms with Crippen molar-refractivity contribution in [1.29, 1.82) is 5.26 Å². The Kier molecular flexibility index (Phi) is 4.52. The largest absolute Gasteiger partial charge is 0.352 e. The number of hydrogen-bond acceptors (Lipinski definition) is 4. The molecule has 6 heteroatoms. The van der Waals surface area contributed by atoms with E-state index < -0.39 is 0 Å². The van der Waals surface area contributed by atoms with Gasteiger partial charge in [0.1, 0.15) is 0 Å². The van der Waals surface area contributed by atoms with Gasteiger partial charge in [-0.25, -0.2) is 0 Å². The summed E-state index contributed by atoms with van der Waals surface area (Å²) >= 11 is 0. The van der Waals surface area contributed by atoms with Gasteiger partial charge in [0.05, 0.1) is 17.6 Å². The molecule has 1 unspecified atom stereocenters. The Bertz CT molecular complexity index is 781. The Labute approximate surface area is 139 Å². The predicted molar refractivity (Wildman–Crippen MR) is 87.7 cm³/mol. The first kappa shape index (κ1) is 15.7. The number of carbonyl (C=O) groups excluding carboxylic acids is 2. The van der Waals surface area contributed by atoms with Crippen LogP contribution in [-0.4, -0.2) is 23.3 Å². The summed E-state index contributed by atoms with van der Waals surface area (Å²) in [4.78, 5) is 30.1. The summed E-state index contributed by atoms with van der Waals surface area (Å²) in [5.41, 5.74) is 2.16. The number of nitrogens with one attached hydrogen (secondary N) is 1. The molecule has 1 aromatic carbocycles. The van der Waals surface area contributed by atoms with Crippen molar-refractivity contribution in [2.75, 3.05) is 11.4 Å². The van der Waals surface area contributed by atoms with Crippen LogP contribution in [0.2, 0.25) is 0 Å². The summed E-state index contributed by atoms with van der Waals surface area (Å²) in [6, 6.07) is 12.5. The number of aromatic nitrogens is 1. The van der Waals surface area contributed by atoms with Crippen LogP contribution in [-0.2, 0) is 16.1 Å². The van der Waals surface area contributed by atoms with Gasteiger partial charge in [-0.3, -0.25) is 14.6 Å². The number of carbonyl (C=O) groups is 2. The second-order valence-corrected chi connectivity index (χ2v) is 5.64. The number of rotatable bonds is 4. The molecule has 2 heterocycles. The van der Waals surface area contributed by atoms with Crippen molar-refractivity contribution in [1.82, 2.24) is 10.3 Å². The van der Waals surface area contributed by atoms with Crippen molar-refractivity contribution < 1.29 is 9.59 Å². The number of anilines is 1. The molecular weight excluding hydrogens is 304 g/mol. The molecule has 1 aromatic heterocycles. The molecule has 2 aromatic rings. The first-order valence-electron chi connectivity index (χ1n) is 7.64. The van der Waals surface area contributed by atoms with Crippen LogP contribution in [0.3, 0.4) is 0 Å². The molecule has 1 fully saturated rings. The molecule has 1 aliphatic heterocycles. The van der Waals surface area contributed by atoms with E-state index in [1.807, 2.05) is 18.2 Å². The van der Waals surface area contributed by atoms with Gasteiger partial charge in [0.2, 0.25) is 11.8 Å². The highest BCUT2D eigenvalue weighted by molar-refractivity contribution is 6.00. The van der Waals surface area contributed by atoms with Gasteiger partial charge in [-0.2, -0.15) is 5.26 Å². The van der Waals surface area contributed by atoms with Crippen LogP contribution in [0, 0.1) is 17.2 Å². The van der Waals surface area contributed by atoms with Gasteiger partial charge in [-0.1, -0.05) is 6.07 Å². The van der Waals surface area contributed by atoms with E-state index in [2.05, 4.69) is 10.3 Å². The third kappa shape index (κ3) is 3.41. The average Bonchev–Trinajstić information content (AvgIpc) is 3.02. The molecule has 3 rings (SSSR count). The lowest BCUT2D eigenvalue weighted by Gasteiger charge is -2.16. The molecule has 0 aliphatic carbocycles. The molecule has 1 saturated heterocycles. The fourth-order valence-electron chi connectivity index (χ4n) is 2.68. The molecule has 0 bridgehead atoms. The predicted octanol–water partition coefficient (Wildman–Crippen LogP) is 1.62. The second-order valence-electron chi connectivity index (χ2n) is 5.64. The number of amides is 2. The molecule has 0 radical (unpaired) electrons. The van der Waals surface area contributed by atoms with Gasteiger partial charge in [0, 0.05) is 37.6 Å². The van der Waals surface area contributed by atoms with E-state index in [9.17, 15) is 9.59 Å². The lowest BCUT2D eigenvalue weighted by molar-refractivity contribution is -0.126. The zero-order chi connectivity index (χ0) is 16.9. The lowest BCUT2D eigenvalue weighted by atomic mass is 10.1.